The average molecular weight is 612 g/mol. The second-order valence-electron chi connectivity index (χ2n) is 12.8. The summed E-state index contributed by atoms with van der Waals surface area (Å²) in [6.45, 7) is 1.49. The van der Waals surface area contributed by atoms with Gasteiger partial charge >= 0.3 is 0 Å². The third-order valence-corrected chi connectivity index (χ3v) is 10.1. The smallest absolute Gasteiger partial charge is 0.254 e. The van der Waals surface area contributed by atoms with Crippen LogP contribution in [0.3, 0.4) is 0 Å². The van der Waals surface area contributed by atoms with Crippen LogP contribution < -0.4 is 15.2 Å². The summed E-state index contributed by atoms with van der Waals surface area (Å²) in [5.74, 6) is 0.333. The SMILES string of the molecule is COc1c(F)cc(-c2ccc3cc(-c4nc5cc(C(=O)N6C[C@H]7CC[C@@H]6[C@@H]7N)cc(OC)c5n4C)n(CC4CC4)c3c2)cc1F. The zero-order valence-electron chi connectivity index (χ0n) is 25.5. The number of hydrogen-bond donors (Lipinski definition) is 1. The molecule has 8 rings (SSSR count). The molecule has 45 heavy (non-hydrogen) atoms. The highest BCUT2D eigenvalue weighted by atomic mass is 19.1. The lowest BCUT2D eigenvalue weighted by atomic mass is 10.0. The predicted molar refractivity (Wildman–Crippen MR) is 168 cm³/mol. The minimum atomic E-state index is -0.742. The maximum atomic E-state index is 14.6. The molecule has 5 aromatic rings. The van der Waals surface area contributed by atoms with Crippen molar-refractivity contribution < 1.29 is 23.0 Å². The molecule has 2 bridgehead atoms. The third-order valence-electron chi connectivity index (χ3n) is 10.1. The van der Waals surface area contributed by atoms with Gasteiger partial charge in [0.25, 0.3) is 5.91 Å². The van der Waals surface area contributed by atoms with E-state index in [1.54, 1.807) is 7.11 Å². The Labute approximate surface area is 259 Å². The fourth-order valence-corrected chi connectivity index (χ4v) is 7.56. The lowest BCUT2D eigenvalue weighted by Gasteiger charge is -2.27. The number of carbonyl (C=O) groups is 1. The first-order valence-electron chi connectivity index (χ1n) is 15.5. The molecule has 3 atom stereocenters. The van der Waals surface area contributed by atoms with E-state index in [1.807, 2.05) is 46.8 Å². The predicted octanol–water partition coefficient (Wildman–Crippen LogP) is 6.13. The number of ether oxygens (including phenoxy) is 2. The van der Waals surface area contributed by atoms with Gasteiger partial charge < -0.3 is 29.2 Å². The molecule has 3 heterocycles. The van der Waals surface area contributed by atoms with Crippen LogP contribution in [0, 0.1) is 23.5 Å². The maximum absolute atomic E-state index is 14.6. The summed E-state index contributed by atoms with van der Waals surface area (Å²) >= 11 is 0. The Bertz CT molecular complexity index is 1990. The van der Waals surface area contributed by atoms with Crippen molar-refractivity contribution in [2.75, 3.05) is 20.8 Å². The molecule has 0 spiro atoms. The van der Waals surface area contributed by atoms with Gasteiger partial charge in [0.05, 0.1) is 25.4 Å². The first-order chi connectivity index (χ1) is 21.7. The van der Waals surface area contributed by atoms with Crippen LogP contribution in [0.2, 0.25) is 0 Å². The van der Waals surface area contributed by atoms with Gasteiger partial charge in [0.1, 0.15) is 11.3 Å². The van der Waals surface area contributed by atoms with Crippen molar-refractivity contribution >= 4 is 27.8 Å². The van der Waals surface area contributed by atoms with Crippen LogP contribution in [0.25, 0.3) is 44.6 Å². The number of carbonyl (C=O) groups excluding carboxylic acids is 1. The van der Waals surface area contributed by atoms with Gasteiger partial charge in [-0.1, -0.05) is 12.1 Å². The monoisotopic (exact) mass is 611 g/mol. The molecule has 1 aliphatic heterocycles. The molecule has 2 N–H and O–H groups in total. The number of nitrogens with two attached hydrogens (primary N) is 1. The second kappa shape index (κ2) is 10.3. The van der Waals surface area contributed by atoms with Crippen molar-refractivity contribution in [2.24, 2.45) is 24.6 Å². The van der Waals surface area contributed by atoms with E-state index in [1.165, 1.54) is 19.2 Å². The van der Waals surface area contributed by atoms with Crippen LogP contribution in [0.4, 0.5) is 8.78 Å². The summed E-state index contributed by atoms with van der Waals surface area (Å²) in [7, 11) is 4.82. The molecular formula is C35H35F2N5O3. The second-order valence-corrected chi connectivity index (χ2v) is 12.8. The lowest BCUT2D eigenvalue weighted by molar-refractivity contribution is 0.0700. The minimum Gasteiger partial charge on any atom is -0.494 e. The van der Waals surface area contributed by atoms with Crippen molar-refractivity contribution in [1.82, 2.24) is 19.0 Å². The van der Waals surface area contributed by atoms with Gasteiger partial charge in [-0.25, -0.2) is 13.8 Å². The van der Waals surface area contributed by atoms with Gasteiger partial charge in [-0.05, 0) is 85.0 Å². The number of nitrogens with zero attached hydrogens (tertiary/aromatic N) is 4. The van der Waals surface area contributed by atoms with Crippen LogP contribution in [-0.4, -0.2) is 57.8 Å². The minimum absolute atomic E-state index is 0.0353. The first kappa shape index (κ1) is 28.1. The van der Waals surface area contributed by atoms with Gasteiger partial charge in [-0.15, -0.1) is 0 Å². The molecule has 2 aliphatic carbocycles. The summed E-state index contributed by atoms with van der Waals surface area (Å²) in [6, 6.07) is 14.3. The van der Waals surface area contributed by atoms with Gasteiger partial charge in [0, 0.05) is 48.7 Å². The molecule has 8 nitrogen and oxygen atoms in total. The Morgan fingerprint density at radius 2 is 1.76 bits per heavy atom. The van der Waals surface area contributed by atoms with E-state index in [4.69, 9.17) is 20.2 Å². The molecule has 3 aliphatic rings. The number of piperidine rings is 1. The highest BCUT2D eigenvalue weighted by molar-refractivity contribution is 6.00. The summed E-state index contributed by atoms with van der Waals surface area (Å²) in [5, 5.41) is 0.999. The Morgan fingerprint density at radius 3 is 2.40 bits per heavy atom. The lowest BCUT2D eigenvalue weighted by Crippen LogP contribution is -2.41. The van der Waals surface area contributed by atoms with Gasteiger partial charge in [0.2, 0.25) is 0 Å². The van der Waals surface area contributed by atoms with Crippen LogP contribution >= 0.6 is 0 Å². The maximum Gasteiger partial charge on any atom is 0.254 e. The molecule has 0 radical (unpaired) electrons. The summed E-state index contributed by atoms with van der Waals surface area (Å²) in [4.78, 5) is 20.7. The van der Waals surface area contributed by atoms with Gasteiger partial charge in [-0.2, -0.15) is 0 Å². The van der Waals surface area contributed by atoms with Crippen molar-refractivity contribution in [3.8, 4) is 34.1 Å². The Balaban J connectivity index is 1.24. The topological polar surface area (TPSA) is 87.5 Å². The Hall–Kier alpha value is -4.44. The van der Waals surface area contributed by atoms with E-state index in [-0.39, 0.29) is 18.0 Å². The number of benzene rings is 3. The third kappa shape index (κ3) is 4.40. The number of fused-ring (bicyclic) bond motifs is 4. The van der Waals surface area contributed by atoms with Crippen LogP contribution in [-0.2, 0) is 13.6 Å². The number of rotatable bonds is 7. The van der Waals surface area contributed by atoms with E-state index < -0.39 is 17.4 Å². The molecule has 3 fully saturated rings. The van der Waals surface area contributed by atoms with E-state index in [9.17, 15) is 13.6 Å². The van der Waals surface area contributed by atoms with Crippen LogP contribution in [0.5, 0.6) is 11.5 Å². The van der Waals surface area contributed by atoms with Gasteiger partial charge in [0.15, 0.2) is 23.2 Å². The van der Waals surface area contributed by atoms with Crippen molar-refractivity contribution in [2.45, 2.75) is 44.3 Å². The number of hydrogen-bond acceptors (Lipinski definition) is 5. The standard InChI is InChI=1S/C35H35F2N5O3/c1-40-32-26(12-23(15-30(32)44-2)35(43)42-17-21-8-9-27(42)31(21)38)39-34(40)29-14-20-7-6-19(13-28(20)41(29)16-18-4-5-18)22-10-24(36)33(45-3)25(37)11-22/h6-7,10-15,18,21,27,31H,4-5,8-9,16-17,38H2,1-3H3/t21-,27-,31-/m1/s1. The number of aryl methyl sites for hydroxylation is 1. The van der Waals surface area contributed by atoms with Crippen LogP contribution in [0.15, 0.2) is 48.5 Å². The molecule has 10 heteroatoms. The van der Waals surface area contributed by atoms with E-state index in [2.05, 4.69) is 10.6 Å². The van der Waals surface area contributed by atoms with E-state index in [0.29, 0.717) is 46.3 Å². The number of likely N-dealkylation sites (tertiary alicyclic amines) is 1. The molecular weight excluding hydrogens is 576 g/mol. The van der Waals surface area contributed by atoms with Gasteiger partial charge in [-0.3, -0.25) is 4.79 Å². The molecule has 2 aromatic heterocycles. The normalized spacial score (nSPS) is 20.9. The fraction of sp³-hybridized carbons (Fsp3) is 0.371. The van der Waals surface area contributed by atoms with E-state index >= 15 is 0 Å². The average Bonchev–Trinajstić information content (AvgIpc) is 3.44. The summed E-state index contributed by atoms with van der Waals surface area (Å²) < 4.78 is 44.2. The number of methoxy groups -OCH3 is 2. The Kier molecular flexibility index (Phi) is 6.42. The molecule has 2 saturated carbocycles. The number of amides is 1. The zero-order valence-corrected chi connectivity index (χ0v) is 25.5. The molecule has 0 unspecified atom stereocenters. The van der Waals surface area contributed by atoms with Crippen LogP contribution in [0.1, 0.15) is 36.0 Å². The summed E-state index contributed by atoms with van der Waals surface area (Å²) in [5.41, 5.74) is 11.5. The molecule has 1 amide bonds. The highest BCUT2D eigenvalue weighted by Gasteiger charge is 2.47. The number of halogens is 2. The van der Waals surface area contributed by atoms with E-state index in [0.717, 1.165) is 60.2 Å². The highest BCUT2D eigenvalue weighted by Crippen LogP contribution is 2.41. The molecule has 1 saturated heterocycles. The number of aromatic nitrogens is 3. The molecule has 3 aromatic carbocycles. The number of imidazole rings is 1. The largest absolute Gasteiger partial charge is 0.494 e. The first-order valence-corrected chi connectivity index (χ1v) is 15.5. The van der Waals surface area contributed by atoms with Crippen molar-refractivity contribution in [3.63, 3.8) is 0 Å². The zero-order chi connectivity index (χ0) is 31.1. The fourth-order valence-electron chi connectivity index (χ4n) is 7.56. The van der Waals surface area contributed by atoms with Crippen molar-refractivity contribution in [3.05, 3.63) is 65.7 Å². The molecule has 232 valence electrons. The van der Waals surface area contributed by atoms with Crippen molar-refractivity contribution in [1.29, 1.82) is 0 Å². The summed E-state index contributed by atoms with van der Waals surface area (Å²) in [6.07, 6.45) is 4.32. The Morgan fingerprint density at radius 1 is 0.978 bits per heavy atom. The quantitative estimate of drug-likeness (QED) is 0.239.